The summed E-state index contributed by atoms with van der Waals surface area (Å²) in [5.41, 5.74) is 1.07. The molecule has 1 aromatic heterocycles. The molecule has 0 unspecified atom stereocenters. The first-order valence-electron chi connectivity index (χ1n) is 7.66. The molecule has 0 aromatic carbocycles. The fourth-order valence-electron chi connectivity index (χ4n) is 2.83. The SMILES string of the molecule is C[C@H](NC(=O)OCCCc1cnc[nH]1)C1CCCCC1. The van der Waals surface area contributed by atoms with E-state index >= 15 is 0 Å². The third kappa shape index (κ3) is 4.87. The van der Waals surface area contributed by atoms with Gasteiger partial charge in [-0.15, -0.1) is 0 Å². The van der Waals surface area contributed by atoms with Crippen LogP contribution in [0.5, 0.6) is 0 Å². The van der Waals surface area contributed by atoms with Crippen LogP contribution in [-0.4, -0.2) is 28.7 Å². The van der Waals surface area contributed by atoms with Crippen LogP contribution in [0.25, 0.3) is 0 Å². The molecule has 1 aromatic rings. The summed E-state index contributed by atoms with van der Waals surface area (Å²) < 4.78 is 5.22. The van der Waals surface area contributed by atoms with Crippen molar-refractivity contribution < 1.29 is 9.53 Å². The van der Waals surface area contributed by atoms with Gasteiger partial charge in [0.2, 0.25) is 0 Å². The van der Waals surface area contributed by atoms with Crippen LogP contribution in [0, 0.1) is 5.92 Å². The number of hydrogen-bond donors (Lipinski definition) is 2. The van der Waals surface area contributed by atoms with Gasteiger partial charge < -0.3 is 15.0 Å². The van der Waals surface area contributed by atoms with Crippen molar-refractivity contribution in [2.75, 3.05) is 6.61 Å². The second kappa shape index (κ2) is 7.92. The largest absolute Gasteiger partial charge is 0.450 e. The molecule has 5 nitrogen and oxygen atoms in total. The van der Waals surface area contributed by atoms with Crippen LogP contribution in [0.2, 0.25) is 0 Å². The van der Waals surface area contributed by atoms with Crippen molar-refractivity contribution in [1.29, 1.82) is 0 Å². The second-order valence-electron chi connectivity index (χ2n) is 5.65. The van der Waals surface area contributed by atoms with Gasteiger partial charge in [-0.3, -0.25) is 0 Å². The van der Waals surface area contributed by atoms with E-state index in [1.807, 2.05) is 0 Å². The van der Waals surface area contributed by atoms with Gasteiger partial charge in [-0.25, -0.2) is 9.78 Å². The molecule has 0 radical (unpaired) electrons. The summed E-state index contributed by atoms with van der Waals surface area (Å²) in [5, 5.41) is 2.96. The van der Waals surface area contributed by atoms with Gasteiger partial charge in [0.25, 0.3) is 0 Å². The molecule has 2 rings (SSSR count). The van der Waals surface area contributed by atoms with Crippen molar-refractivity contribution in [1.82, 2.24) is 15.3 Å². The molecule has 1 amide bonds. The summed E-state index contributed by atoms with van der Waals surface area (Å²) in [4.78, 5) is 18.7. The van der Waals surface area contributed by atoms with E-state index in [1.165, 1.54) is 32.1 Å². The lowest BCUT2D eigenvalue weighted by molar-refractivity contribution is 0.135. The summed E-state index contributed by atoms with van der Waals surface area (Å²) in [6.45, 7) is 2.53. The maximum atomic E-state index is 11.7. The number of amides is 1. The lowest BCUT2D eigenvalue weighted by atomic mass is 9.85. The molecular formula is C15H25N3O2. The average Bonchev–Trinajstić information content (AvgIpc) is 2.98. The Kier molecular flexibility index (Phi) is 5.89. The van der Waals surface area contributed by atoms with Crippen LogP contribution in [-0.2, 0) is 11.2 Å². The molecule has 0 spiro atoms. The molecule has 5 heteroatoms. The Morgan fingerprint density at radius 3 is 3.00 bits per heavy atom. The quantitative estimate of drug-likeness (QED) is 0.786. The van der Waals surface area contributed by atoms with Crippen LogP contribution in [0.4, 0.5) is 4.79 Å². The number of hydrogen-bond acceptors (Lipinski definition) is 3. The van der Waals surface area contributed by atoms with Crippen LogP contribution < -0.4 is 5.32 Å². The minimum Gasteiger partial charge on any atom is -0.450 e. The van der Waals surface area contributed by atoms with Crippen molar-refractivity contribution in [3.8, 4) is 0 Å². The molecule has 112 valence electrons. The van der Waals surface area contributed by atoms with E-state index in [1.54, 1.807) is 12.5 Å². The Morgan fingerprint density at radius 1 is 1.50 bits per heavy atom. The summed E-state index contributed by atoms with van der Waals surface area (Å²) >= 11 is 0. The molecule has 1 heterocycles. The third-order valence-electron chi connectivity index (χ3n) is 4.08. The van der Waals surface area contributed by atoms with Crippen LogP contribution in [0.1, 0.15) is 51.1 Å². The normalized spacial score (nSPS) is 17.6. The fraction of sp³-hybridized carbons (Fsp3) is 0.733. The molecule has 1 fully saturated rings. The smallest absolute Gasteiger partial charge is 0.407 e. The molecule has 1 atom stereocenters. The molecule has 0 bridgehead atoms. The molecular weight excluding hydrogens is 254 g/mol. The predicted molar refractivity (Wildman–Crippen MR) is 77.4 cm³/mol. The van der Waals surface area contributed by atoms with Gasteiger partial charge in [-0.2, -0.15) is 0 Å². The minimum atomic E-state index is -0.285. The van der Waals surface area contributed by atoms with E-state index in [2.05, 4.69) is 22.2 Å². The minimum absolute atomic E-state index is 0.218. The molecule has 1 aliphatic rings. The highest BCUT2D eigenvalue weighted by Crippen LogP contribution is 2.26. The van der Waals surface area contributed by atoms with Gasteiger partial charge in [-0.05, 0) is 38.5 Å². The Hall–Kier alpha value is -1.52. The second-order valence-corrected chi connectivity index (χ2v) is 5.65. The maximum Gasteiger partial charge on any atom is 0.407 e. The number of alkyl carbamates (subject to hydrolysis) is 1. The van der Waals surface area contributed by atoms with E-state index in [0.29, 0.717) is 12.5 Å². The standard InChI is InChI=1S/C15H25N3O2/c1-12(13-6-3-2-4-7-13)18-15(19)20-9-5-8-14-10-16-11-17-14/h10-13H,2-9H2,1H3,(H,16,17)(H,18,19)/t12-/m0/s1. The first kappa shape index (κ1) is 14.9. The highest BCUT2D eigenvalue weighted by atomic mass is 16.5. The van der Waals surface area contributed by atoms with Crippen molar-refractivity contribution in [2.24, 2.45) is 5.92 Å². The highest BCUT2D eigenvalue weighted by Gasteiger charge is 2.21. The van der Waals surface area contributed by atoms with E-state index in [4.69, 9.17) is 4.74 Å². The Bertz CT molecular complexity index is 386. The van der Waals surface area contributed by atoms with Crippen molar-refractivity contribution >= 4 is 6.09 Å². The number of aryl methyl sites for hydroxylation is 1. The molecule has 1 saturated carbocycles. The number of imidazole rings is 1. The molecule has 1 aliphatic carbocycles. The number of nitrogens with one attached hydrogen (secondary N) is 2. The molecule has 0 aliphatic heterocycles. The number of carbonyl (C=O) groups excluding carboxylic acids is 1. The molecule has 0 saturated heterocycles. The van der Waals surface area contributed by atoms with Crippen LogP contribution in [0.3, 0.4) is 0 Å². The monoisotopic (exact) mass is 279 g/mol. The number of ether oxygens (including phenoxy) is 1. The summed E-state index contributed by atoms with van der Waals surface area (Å²) in [6, 6.07) is 0.218. The fourth-order valence-corrected chi connectivity index (χ4v) is 2.83. The number of H-pyrrole nitrogens is 1. The topological polar surface area (TPSA) is 67.0 Å². The van der Waals surface area contributed by atoms with Crippen LogP contribution in [0.15, 0.2) is 12.5 Å². The Balaban J connectivity index is 1.57. The van der Waals surface area contributed by atoms with Crippen molar-refractivity contribution in [2.45, 2.75) is 57.9 Å². The summed E-state index contributed by atoms with van der Waals surface area (Å²) in [7, 11) is 0. The highest BCUT2D eigenvalue weighted by molar-refractivity contribution is 5.67. The zero-order valence-corrected chi connectivity index (χ0v) is 12.2. The molecule has 2 N–H and O–H groups in total. The van der Waals surface area contributed by atoms with E-state index in [9.17, 15) is 4.79 Å². The number of rotatable bonds is 6. The predicted octanol–water partition coefficient (Wildman–Crippen LogP) is 3.04. The Labute approximate surface area is 120 Å². The first-order valence-corrected chi connectivity index (χ1v) is 7.66. The van der Waals surface area contributed by atoms with Gasteiger partial charge in [0, 0.05) is 17.9 Å². The zero-order valence-electron chi connectivity index (χ0n) is 12.2. The van der Waals surface area contributed by atoms with Crippen LogP contribution >= 0.6 is 0 Å². The third-order valence-corrected chi connectivity index (χ3v) is 4.08. The van der Waals surface area contributed by atoms with Gasteiger partial charge in [0.05, 0.1) is 12.9 Å². The average molecular weight is 279 g/mol. The number of carbonyl (C=O) groups is 1. The molecule has 20 heavy (non-hydrogen) atoms. The van der Waals surface area contributed by atoms with Gasteiger partial charge in [0.15, 0.2) is 0 Å². The van der Waals surface area contributed by atoms with Gasteiger partial charge in [-0.1, -0.05) is 19.3 Å². The maximum absolute atomic E-state index is 11.7. The van der Waals surface area contributed by atoms with E-state index < -0.39 is 0 Å². The number of nitrogens with zero attached hydrogens (tertiary/aromatic N) is 1. The number of aromatic nitrogens is 2. The van der Waals surface area contributed by atoms with E-state index in [-0.39, 0.29) is 12.1 Å². The zero-order chi connectivity index (χ0) is 14.2. The van der Waals surface area contributed by atoms with Gasteiger partial charge in [0.1, 0.15) is 0 Å². The lowest BCUT2D eigenvalue weighted by Gasteiger charge is -2.27. The number of aromatic amines is 1. The van der Waals surface area contributed by atoms with Gasteiger partial charge >= 0.3 is 6.09 Å². The first-order chi connectivity index (χ1) is 9.75. The lowest BCUT2D eigenvalue weighted by Crippen LogP contribution is -2.39. The van der Waals surface area contributed by atoms with Crippen molar-refractivity contribution in [3.05, 3.63) is 18.2 Å². The summed E-state index contributed by atoms with van der Waals surface area (Å²) in [5.74, 6) is 0.612. The van der Waals surface area contributed by atoms with Crippen molar-refractivity contribution in [3.63, 3.8) is 0 Å². The summed E-state index contributed by atoms with van der Waals surface area (Å²) in [6.07, 6.45) is 11.2. The Morgan fingerprint density at radius 2 is 2.30 bits per heavy atom. The van der Waals surface area contributed by atoms with E-state index in [0.717, 1.165) is 18.5 Å².